The maximum atomic E-state index is 12.8. The average molecular weight is 419 g/mol. The van der Waals surface area contributed by atoms with Crippen molar-refractivity contribution in [1.82, 2.24) is 5.06 Å². The first-order valence-electron chi connectivity index (χ1n) is 9.21. The van der Waals surface area contributed by atoms with E-state index in [0.29, 0.717) is 27.6 Å². The predicted octanol–water partition coefficient (Wildman–Crippen LogP) is 5.24. The quantitative estimate of drug-likeness (QED) is 0.576. The van der Waals surface area contributed by atoms with Gasteiger partial charge in [0.15, 0.2) is 11.6 Å². The summed E-state index contributed by atoms with van der Waals surface area (Å²) < 4.78 is 11.9. The number of nitrogens with zero attached hydrogens (tertiary/aromatic N) is 2. The molecule has 5 rings (SSSR count). The van der Waals surface area contributed by atoms with Crippen LogP contribution >= 0.6 is 11.6 Å². The van der Waals surface area contributed by atoms with Crippen LogP contribution in [0.25, 0.3) is 10.8 Å². The molecule has 0 amide bonds. The monoisotopic (exact) mass is 418 g/mol. The molecule has 3 aromatic rings. The Labute approximate surface area is 176 Å². The second-order valence-corrected chi connectivity index (χ2v) is 7.18. The molecule has 0 aliphatic carbocycles. The molecule has 0 spiro atoms. The van der Waals surface area contributed by atoms with Gasteiger partial charge in [0.1, 0.15) is 5.69 Å². The smallest absolute Gasteiger partial charge is 0.341 e. The van der Waals surface area contributed by atoms with Gasteiger partial charge in [0.2, 0.25) is 0 Å². The summed E-state index contributed by atoms with van der Waals surface area (Å²) >= 11 is 6.00. The molecule has 0 bridgehead atoms. The summed E-state index contributed by atoms with van der Waals surface area (Å²) in [5.74, 6) is 0.0779. The molecule has 2 heterocycles. The second-order valence-electron chi connectivity index (χ2n) is 6.74. The Kier molecular flexibility index (Phi) is 4.50. The van der Waals surface area contributed by atoms with E-state index in [0.717, 1.165) is 15.8 Å². The van der Waals surface area contributed by atoms with Gasteiger partial charge in [0, 0.05) is 16.6 Å². The number of ether oxygens (including phenoxy) is 2. The number of aliphatic imine (C=N–C) groups is 1. The molecule has 1 N–H and O–H groups in total. The van der Waals surface area contributed by atoms with Gasteiger partial charge in [-0.05, 0) is 41.8 Å². The lowest BCUT2D eigenvalue weighted by molar-refractivity contribution is -0.0270. The fraction of sp³-hybridized carbons (Fsp3) is 0.0435. The van der Waals surface area contributed by atoms with Gasteiger partial charge < -0.3 is 9.47 Å². The molecule has 148 valence electrons. The van der Waals surface area contributed by atoms with E-state index in [1.54, 1.807) is 36.4 Å². The molecular formula is C23H15ClN2O4. The summed E-state index contributed by atoms with van der Waals surface area (Å²) in [4.78, 5) is 17.4. The standard InChI is InChI=1S/C23H15ClN2O4/c24-16-7-3-6-15(13-16)22(27)30-23-18-9-4-12-26(28)21(18)25-19-11-10-14-5-1-2-8-17(14)20(19)29-23/h1-13,23,28H. The number of amidine groups is 1. The molecule has 30 heavy (non-hydrogen) atoms. The zero-order valence-electron chi connectivity index (χ0n) is 15.5. The second kappa shape index (κ2) is 7.33. The SMILES string of the molecule is O=C(OC1Oc2c(ccc3ccccc23)N=C2C1=CC=CN2O)c1cccc(Cl)c1. The number of carbonyl (C=O) groups excluding carboxylic acids is 1. The molecule has 0 saturated heterocycles. The lowest BCUT2D eigenvalue weighted by Gasteiger charge is -2.25. The first-order valence-corrected chi connectivity index (χ1v) is 9.58. The van der Waals surface area contributed by atoms with Crippen LogP contribution in [0, 0.1) is 0 Å². The minimum absolute atomic E-state index is 0.218. The van der Waals surface area contributed by atoms with Crippen LogP contribution in [-0.2, 0) is 4.74 Å². The summed E-state index contributed by atoms with van der Waals surface area (Å²) in [5, 5.41) is 13.4. The van der Waals surface area contributed by atoms with E-state index in [4.69, 9.17) is 21.1 Å². The van der Waals surface area contributed by atoms with E-state index in [9.17, 15) is 10.0 Å². The Morgan fingerprint density at radius 1 is 1.13 bits per heavy atom. The van der Waals surface area contributed by atoms with Gasteiger partial charge in [0.25, 0.3) is 6.29 Å². The summed E-state index contributed by atoms with van der Waals surface area (Å²) in [6.07, 6.45) is 3.63. The Morgan fingerprint density at radius 3 is 2.87 bits per heavy atom. The summed E-state index contributed by atoms with van der Waals surface area (Å²) in [6, 6.07) is 17.9. The number of carbonyl (C=O) groups is 1. The Hall–Kier alpha value is -3.61. The van der Waals surface area contributed by atoms with E-state index in [-0.39, 0.29) is 5.84 Å². The highest BCUT2D eigenvalue weighted by Gasteiger charge is 2.33. The maximum absolute atomic E-state index is 12.8. The topological polar surface area (TPSA) is 71.4 Å². The van der Waals surface area contributed by atoms with Crippen molar-refractivity contribution in [1.29, 1.82) is 0 Å². The Bertz CT molecular complexity index is 1270. The summed E-state index contributed by atoms with van der Waals surface area (Å²) in [5.41, 5.74) is 1.22. The number of halogens is 1. The minimum Gasteiger partial charge on any atom is -0.447 e. The third kappa shape index (κ3) is 3.22. The first-order chi connectivity index (χ1) is 14.6. The first kappa shape index (κ1) is 18.4. The number of benzene rings is 3. The van der Waals surface area contributed by atoms with Crippen LogP contribution in [0.15, 0.2) is 89.6 Å². The van der Waals surface area contributed by atoms with E-state index >= 15 is 0 Å². The molecule has 1 atom stereocenters. The van der Waals surface area contributed by atoms with Crippen LogP contribution in [0.2, 0.25) is 5.02 Å². The van der Waals surface area contributed by atoms with Crippen molar-refractivity contribution in [3.05, 3.63) is 95.2 Å². The predicted molar refractivity (Wildman–Crippen MR) is 113 cm³/mol. The number of hydroxylamine groups is 2. The highest BCUT2D eigenvalue weighted by Crippen LogP contribution is 2.40. The molecule has 0 fully saturated rings. The van der Waals surface area contributed by atoms with Crippen LogP contribution < -0.4 is 4.74 Å². The molecule has 2 aliphatic heterocycles. The van der Waals surface area contributed by atoms with Gasteiger partial charge in [-0.3, -0.25) is 5.21 Å². The van der Waals surface area contributed by atoms with Crippen LogP contribution in [-0.4, -0.2) is 28.4 Å². The number of hydrogen-bond donors (Lipinski definition) is 1. The van der Waals surface area contributed by atoms with E-state index < -0.39 is 12.3 Å². The zero-order valence-corrected chi connectivity index (χ0v) is 16.3. The fourth-order valence-electron chi connectivity index (χ4n) is 3.40. The van der Waals surface area contributed by atoms with E-state index in [1.807, 2.05) is 30.3 Å². The highest BCUT2D eigenvalue weighted by atomic mass is 35.5. The molecule has 0 aromatic heterocycles. The van der Waals surface area contributed by atoms with Crippen molar-refractivity contribution in [2.75, 3.05) is 0 Å². The lowest BCUT2D eigenvalue weighted by Crippen LogP contribution is -2.35. The average Bonchev–Trinajstić information content (AvgIpc) is 2.91. The minimum atomic E-state index is -1.12. The van der Waals surface area contributed by atoms with Gasteiger partial charge in [-0.2, -0.15) is 0 Å². The van der Waals surface area contributed by atoms with E-state index in [2.05, 4.69) is 4.99 Å². The molecule has 0 saturated carbocycles. The van der Waals surface area contributed by atoms with Crippen molar-refractivity contribution in [3.8, 4) is 5.75 Å². The molecule has 1 unspecified atom stereocenters. The number of hydrogen-bond acceptors (Lipinski definition) is 6. The van der Waals surface area contributed by atoms with Gasteiger partial charge in [-0.15, -0.1) is 0 Å². The van der Waals surface area contributed by atoms with Crippen molar-refractivity contribution < 1.29 is 19.5 Å². The van der Waals surface area contributed by atoms with Crippen molar-refractivity contribution in [2.24, 2.45) is 4.99 Å². The number of esters is 1. The lowest BCUT2D eigenvalue weighted by atomic mass is 10.1. The molecule has 0 radical (unpaired) electrons. The van der Waals surface area contributed by atoms with Crippen LogP contribution in [0.1, 0.15) is 10.4 Å². The van der Waals surface area contributed by atoms with Gasteiger partial charge in [-0.1, -0.05) is 48.0 Å². The molecule has 3 aromatic carbocycles. The van der Waals surface area contributed by atoms with Crippen LogP contribution in [0.4, 0.5) is 5.69 Å². The molecule has 6 nitrogen and oxygen atoms in total. The van der Waals surface area contributed by atoms with Crippen LogP contribution in [0.5, 0.6) is 5.75 Å². The van der Waals surface area contributed by atoms with Gasteiger partial charge in [0.05, 0.1) is 11.1 Å². The van der Waals surface area contributed by atoms with Crippen molar-refractivity contribution in [3.63, 3.8) is 0 Å². The molecular weight excluding hydrogens is 404 g/mol. The van der Waals surface area contributed by atoms with Crippen molar-refractivity contribution in [2.45, 2.75) is 6.29 Å². The molecule has 7 heteroatoms. The number of fused-ring (bicyclic) bond motifs is 4. The third-order valence-corrected chi connectivity index (χ3v) is 5.05. The van der Waals surface area contributed by atoms with Crippen LogP contribution in [0.3, 0.4) is 0 Å². The number of rotatable bonds is 2. The summed E-state index contributed by atoms with van der Waals surface area (Å²) in [6.45, 7) is 0. The Morgan fingerprint density at radius 2 is 2.00 bits per heavy atom. The van der Waals surface area contributed by atoms with E-state index in [1.165, 1.54) is 12.3 Å². The van der Waals surface area contributed by atoms with Gasteiger partial charge in [-0.25, -0.2) is 14.9 Å². The Balaban J connectivity index is 1.61. The van der Waals surface area contributed by atoms with Crippen molar-refractivity contribution >= 4 is 39.9 Å². The maximum Gasteiger partial charge on any atom is 0.341 e. The summed E-state index contributed by atoms with van der Waals surface area (Å²) in [7, 11) is 0. The van der Waals surface area contributed by atoms with Gasteiger partial charge >= 0.3 is 5.97 Å². The number of allylic oxidation sites excluding steroid dienone is 2. The normalized spacial score (nSPS) is 17.3. The zero-order chi connectivity index (χ0) is 20.7. The third-order valence-electron chi connectivity index (χ3n) is 4.82. The molecule has 2 aliphatic rings. The fourth-order valence-corrected chi connectivity index (χ4v) is 3.59. The largest absolute Gasteiger partial charge is 0.447 e. The highest BCUT2D eigenvalue weighted by molar-refractivity contribution is 6.30.